The topological polar surface area (TPSA) is 56.2 Å². The highest BCUT2D eigenvalue weighted by molar-refractivity contribution is 5.85. The van der Waals surface area contributed by atoms with Crippen LogP contribution in [0.25, 0.3) is 0 Å². The number of fused-ring (bicyclic) bond motifs is 1. The molecule has 154 valence electrons. The number of amides is 1. The normalized spacial score (nSPS) is 21.3. The minimum absolute atomic E-state index is 0.297. The van der Waals surface area contributed by atoms with Crippen molar-refractivity contribution in [3.05, 3.63) is 46.6 Å². The average Bonchev–Trinajstić information content (AvgIpc) is 3.15. The maximum Gasteiger partial charge on any atom is 0.413 e. The second-order valence-corrected chi connectivity index (χ2v) is 8.69. The number of anilines is 1. The molecule has 0 aliphatic heterocycles. The average molecular weight is 401 g/mol. The third-order valence-electron chi connectivity index (χ3n) is 6.61. The molecule has 5 rings (SSSR count). The Morgan fingerprint density at radius 1 is 1.17 bits per heavy atom. The lowest BCUT2D eigenvalue weighted by Crippen LogP contribution is -2.43. The summed E-state index contributed by atoms with van der Waals surface area (Å²) in [7, 11) is 1.82. The first-order chi connectivity index (χ1) is 13.9. The maximum atomic E-state index is 13.0. The smallest absolute Gasteiger partial charge is 0.413 e. The van der Waals surface area contributed by atoms with Crippen LogP contribution in [0.5, 0.6) is 0 Å². The molecule has 3 aliphatic rings. The summed E-state index contributed by atoms with van der Waals surface area (Å²) in [6, 6.07) is 8.48. The number of aryl methyl sites for hydroxylation is 1. The molecule has 3 aliphatic carbocycles. The van der Waals surface area contributed by atoms with E-state index in [0.717, 1.165) is 36.9 Å². The zero-order valence-electron chi connectivity index (χ0n) is 16.5. The van der Waals surface area contributed by atoms with Crippen LogP contribution in [0.3, 0.4) is 0 Å². The molecule has 2 fully saturated rings. The molecule has 1 amide bonds. The molecule has 5 nitrogen and oxygen atoms in total. The van der Waals surface area contributed by atoms with Crippen molar-refractivity contribution in [3.8, 4) is 0 Å². The van der Waals surface area contributed by atoms with Gasteiger partial charge >= 0.3 is 6.09 Å². The first-order valence-electron chi connectivity index (χ1n) is 10.4. The van der Waals surface area contributed by atoms with Gasteiger partial charge in [0.2, 0.25) is 0 Å². The van der Waals surface area contributed by atoms with Gasteiger partial charge in [-0.15, -0.1) is 0 Å². The molecule has 0 spiro atoms. The Balaban J connectivity index is 1.37. The summed E-state index contributed by atoms with van der Waals surface area (Å²) in [5.74, 6) is -1.38. The lowest BCUT2D eigenvalue weighted by Gasteiger charge is -2.34. The Labute approximate surface area is 168 Å². The number of hydrogen-bond donors (Lipinski definition) is 1. The second kappa shape index (κ2) is 6.82. The van der Waals surface area contributed by atoms with Crippen molar-refractivity contribution in [1.29, 1.82) is 0 Å². The van der Waals surface area contributed by atoms with Gasteiger partial charge in [-0.1, -0.05) is 30.7 Å². The number of carbonyl (C=O) groups excluding carboxylic acids is 1. The van der Waals surface area contributed by atoms with E-state index in [1.54, 1.807) is 4.68 Å². The highest BCUT2D eigenvalue weighted by atomic mass is 19.3. The van der Waals surface area contributed by atoms with E-state index < -0.39 is 31.0 Å². The molecule has 1 heterocycles. The first kappa shape index (κ1) is 18.6. The summed E-state index contributed by atoms with van der Waals surface area (Å²) >= 11 is 0. The van der Waals surface area contributed by atoms with Crippen molar-refractivity contribution in [2.45, 2.75) is 68.8 Å². The van der Waals surface area contributed by atoms with E-state index in [1.165, 1.54) is 17.5 Å². The third kappa shape index (κ3) is 3.40. The highest BCUT2D eigenvalue weighted by Crippen LogP contribution is 2.46. The third-order valence-corrected chi connectivity index (χ3v) is 6.61. The Hall–Kier alpha value is -2.44. The van der Waals surface area contributed by atoms with Gasteiger partial charge in [0.25, 0.3) is 5.92 Å². The lowest BCUT2D eigenvalue weighted by atomic mass is 9.78. The SMILES string of the molecule is Cn1nc(C2Cc3ccccc3C2)c(C2CCC2)c1NC(=O)OC1CC(F)(F)C1. The number of alkyl halides is 2. The fraction of sp³-hybridized carbons (Fsp3) is 0.545. The molecule has 2 aromatic rings. The fourth-order valence-electron chi connectivity index (χ4n) is 4.83. The standard InChI is InChI=1S/C22H25F2N3O2/c1-27-20(25-21(28)29-17-11-22(23,24)12-17)18(13-7-4-8-13)19(26-27)16-9-14-5-2-3-6-15(14)10-16/h2-3,5-6,13,16-17H,4,7-12H2,1H3,(H,25,28). The Morgan fingerprint density at radius 3 is 2.38 bits per heavy atom. The van der Waals surface area contributed by atoms with E-state index >= 15 is 0 Å². The van der Waals surface area contributed by atoms with Gasteiger partial charge < -0.3 is 4.74 Å². The van der Waals surface area contributed by atoms with Crippen molar-refractivity contribution in [1.82, 2.24) is 9.78 Å². The number of benzene rings is 1. The minimum atomic E-state index is -2.71. The summed E-state index contributed by atoms with van der Waals surface area (Å²) in [6.45, 7) is 0. The van der Waals surface area contributed by atoms with Crippen LogP contribution in [-0.2, 0) is 24.6 Å². The molecule has 0 saturated heterocycles. The Morgan fingerprint density at radius 2 is 1.83 bits per heavy atom. The van der Waals surface area contributed by atoms with E-state index in [4.69, 9.17) is 9.84 Å². The van der Waals surface area contributed by atoms with Gasteiger partial charge in [0.15, 0.2) is 0 Å². The minimum Gasteiger partial charge on any atom is -0.445 e. The molecule has 0 bridgehead atoms. The van der Waals surface area contributed by atoms with Gasteiger partial charge in [0.1, 0.15) is 11.9 Å². The van der Waals surface area contributed by atoms with Gasteiger partial charge in [0.05, 0.1) is 5.69 Å². The maximum absolute atomic E-state index is 13.0. The van der Waals surface area contributed by atoms with Crippen molar-refractivity contribution < 1.29 is 18.3 Å². The van der Waals surface area contributed by atoms with Gasteiger partial charge in [-0.05, 0) is 42.7 Å². The Bertz CT molecular complexity index is 919. The molecule has 1 aromatic carbocycles. The largest absolute Gasteiger partial charge is 0.445 e. The van der Waals surface area contributed by atoms with E-state index in [2.05, 4.69) is 29.6 Å². The zero-order valence-corrected chi connectivity index (χ0v) is 16.5. The zero-order chi connectivity index (χ0) is 20.2. The second-order valence-electron chi connectivity index (χ2n) is 8.69. The number of ether oxygens (including phenoxy) is 1. The van der Waals surface area contributed by atoms with Crippen LogP contribution in [0.4, 0.5) is 19.4 Å². The van der Waals surface area contributed by atoms with Crippen molar-refractivity contribution >= 4 is 11.9 Å². The monoisotopic (exact) mass is 401 g/mol. The summed E-state index contributed by atoms with van der Waals surface area (Å²) in [5.41, 5.74) is 4.89. The fourth-order valence-corrected chi connectivity index (χ4v) is 4.83. The molecule has 1 N–H and O–H groups in total. The van der Waals surface area contributed by atoms with Crippen LogP contribution in [0.15, 0.2) is 24.3 Å². The van der Waals surface area contributed by atoms with Crippen LogP contribution < -0.4 is 5.32 Å². The van der Waals surface area contributed by atoms with Crippen LogP contribution in [0.2, 0.25) is 0 Å². The van der Waals surface area contributed by atoms with Crippen LogP contribution in [0.1, 0.15) is 66.3 Å². The summed E-state index contributed by atoms with van der Waals surface area (Å²) in [6.07, 6.45) is 3.06. The molecule has 2 saturated carbocycles. The molecule has 0 radical (unpaired) electrons. The van der Waals surface area contributed by atoms with E-state index in [0.29, 0.717) is 17.7 Å². The van der Waals surface area contributed by atoms with Crippen molar-refractivity contribution in [3.63, 3.8) is 0 Å². The molecular formula is C22H25F2N3O2. The van der Waals surface area contributed by atoms with Crippen LogP contribution >= 0.6 is 0 Å². The number of carbonyl (C=O) groups is 1. The molecule has 29 heavy (non-hydrogen) atoms. The molecule has 7 heteroatoms. The van der Waals surface area contributed by atoms with Crippen molar-refractivity contribution in [2.75, 3.05) is 5.32 Å². The van der Waals surface area contributed by atoms with Gasteiger partial charge in [-0.2, -0.15) is 5.10 Å². The Kier molecular flexibility index (Phi) is 4.37. The number of nitrogens with one attached hydrogen (secondary N) is 1. The number of nitrogens with zero attached hydrogens (tertiary/aromatic N) is 2. The predicted molar refractivity (Wildman–Crippen MR) is 104 cm³/mol. The number of aromatic nitrogens is 2. The summed E-state index contributed by atoms with van der Waals surface area (Å²) in [5, 5.41) is 7.61. The lowest BCUT2D eigenvalue weighted by molar-refractivity contribution is -0.142. The van der Waals surface area contributed by atoms with E-state index in [9.17, 15) is 13.6 Å². The molecular weight excluding hydrogens is 376 g/mol. The predicted octanol–water partition coefficient (Wildman–Crippen LogP) is 4.92. The summed E-state index contributed by atoms with van der Waals surface area (Å²) < 4.78 is 32.9. The number of rotatable bonds is 4. The molecule has 1 aromatic heterocycles. The van der Waals surface area contributed by atoms with Gasteiger partial charge in [-0.25, -0.2) is 13.6 Å². The number of halogens is 2. The summed E-state index contributed by atoms with van der Waals surface area (Å²) in [4.78, 5) is 12.3. The molecule has 0 unspecified atom stereocenters. The van der Waals surface area contributed by atoms with E-state index in [1.807, 2.05) is 7.05 Å². The van der Waals surface area contributed by atoms with Gasteiger partial charge in [-0.3, -0.25) is 10.00 Å². The van der Waals surface area contributed by atoms with Crippen LogP contribution in [0, 0.1) is 0 Å². The van der Waals surface area contributed by atoms with Crippen molar-refractivity contribution in [2.24, 2.45) is 7.05 Å². The van der Waals surface area contributed by atoms with Gasteiger partial charge in [0, 0.05) is 31.4 Å². The molecule has 0 atom stereocenters. The number of hydrogen-bond acceptors (Lipinski definition) is 3. The quantitative estimate of drug-likeness (QED) is 0.791. The highest BCUT2D eigenvalue weighted by Gasteiger charge is 2.47. The van der Waals surface area contributed by atoms with E-state index in [-0.39, 0.29) is 0 Å². The first-order valence-corrected chi connectivity index (χ1v) is 10.4. The van der Waals surface area contributed by atoms with Crippen LogP contribution in [-0.4, -0.2) is 27.9 Å².